The number of benzene rings is 4. The van der Waals surface area contributed by atoms with Crippen molar-refractivity contribution in [3.63, 3.8) is 0 Å². The molecule has 4 aromatic carbocycles. The quantitative estimate of drug-likeness (QED) is 0.123. The fourth-order valence-corrected chi connectivity index (χ4v) is 4.54. The van der Waals surface area contributed by atoms with Crippen LogP contribution in [-0.4, -0.2) is 39.0 Å². The summed E-state index contributed by atoms with van der Waals surface area (Å²) in [7, 11) is -8.54. The zero-order valence-electron chi connectivity index (χ0n) is 23.6. The van der Waals surface area contributed by atoms with E-state index < -0.39 is 20.2 Å². The number of aryl methyl sites for hydroxylation is 2. The number of nitrogens with two attached hydrogens (primary N) is 4. The van der Waals surface area contributed by atoms with Gasteiger partial charge in [-0.05, 0) is 50.2 Å². The number of hydrogen-bond donors (Lipinski definition) is 4. The smallest absolute Gasteiger partial charge is 0.125 e. The van der Waals surface area contributed by atoms with Crippen LogP contribution in [0.5, 0.6) is 0 Å². The van der Waals surface area contributed by atoms with Gasteiger partial charge >= 0.3 is 0 Å². The topological polar surface area (TPSA) is 200 Å². The Kier molecular flexibility index (Phi) is 13.6. The minimum Gasteiger partial charge on any atom is -0.744 e. The molecule has 0 unspecified atom stereocenters. The van der Waals surface area contributed by atoms with E-state index in [9.17, 15) is 25.9 Å². The molecule has 0 spiro atoms. The van der Waals surface area contributed by atoms with Crippen LogP contribution in [0.1, 0.15) is 22.3 Å². The SMILES string of the molecule is Cc1ccc(S(=O)(=O)[O-])cc1.Cc1ccc(S(=O)(=O)[O-])cc1.Nc1ccccc1C[NH2+]CC[NH2+]Cc1ccccc1N. The first kappa shape index (κ1) is 34.4. The third kappa shape index (κ3) is 12.8. The van der Waals surface area contributed by atoms with E-state index >= 15 is 0 Å². The molecular weight excluding hydrogens is 576 g/mol. The van der Waals surface area contributed by atoms with E-state index in [1.807, 2.05) is 50.2 Å². The van der Waals surface area contributed by atoms with Gasteiger partial charge in [-0.1, -0.05) is 71.8 Å². The molecule has 0 aliphatic rings. The van der Waals surface area contributed by atoms with E-state index in [1.165, 1.54) is 35.4 Å². The third-order valence-electron chi connectivity index (χ3n) is 6.03. The van der Waals surface area contributed by atoms with E-state index in [4.69, 9.17) is 11.5 Å². The molecule has 0 fully saturated rings. The van der Waals surface area contributed by atoms with Crippen LogP contribution in [0.25, 0.3) is 0 Å². The predicted molar refractivity (Wildman–Crippen MR) is 161 cm³/mol. The number of rotatable bonds is 9. The van der Waals surface area contributed by atoms with Gasteiger partial charge in [0.15, 0.2) is 0 Å². The van der Waals surface area contributed by atoms with E-state index in [0.717, 1.165) is 48.7 Å². The van der Waals surface area contributed by atoms with Gasteiger partial charge in [-0.3, -0.25) is 0 Å². The van der Waals surface area contributed by atoms with Crippen molar-refractivity contribution in [3.05, 3.63) is 119 Å². The lowest BCUT2D eigenvalue weighted by Gasteiger charge is -2.06. The highest BCUT2D eigenvalue weighted by Gasteiger charge is 2.02. The summed E-state index contributed by atoms with van der Waals surface area (Å²) in [5, 5.41) is 4.58. The predicted octanol–water partition coefficient (Wildman–Crippen LogP) is 1.48. The molecule has 0 atom stereocenters. The molecule has 0 amide bonds. The molecule has 12 heteroatoms. The van der Waals surface area contributed by atoms with Crippen LogP contribution >= 0.6 is 0 Å². The van der Waals surface area contributed by atoms with Gasteiger partial charge in [0.2, 0.25) is 0 Å². The Balaban J connectivity index is 0.000000239. The first-order valence-corrected chi connectivity index (χ1v) is 15.9. The third-order valence-corrected chi connectivity index (χ3v) is 7.73. The maximum atomic E-state index is 10.4. The average molecular weight is 615 g/mol. The molecular formula is C30H38N4O6S2. The largest absolute Gasteiger partial charge is 0.744 e. The molecule has 10 nitrogen and oxygen atoms in total. The van der Waals surface area contributed by atoms with E-state index in [-0.39, 0.29) is 9.79 Å². The van der Waals surface area contributed by atoms with Crippen LogP contribution < -0.4 is 22.1 Å². The summed E-state index contributed by atoms with van der Waals surface area (Å²) in [5.74, 6) is 0. The highest BCUT2D eigenvalue weighted by atomic mass is 32.2. The van der Waals surface area contributed by atoms with Gasteiger partial charge in [0.05, 0.1) is 9.79 Å². The lowest BCUT2D eigenvalue weighted by atomic mass is 10.2. The zero-order valence-corrected chi connectivity index (χ0v) is 25.3. The number of anilines is 2. The lowest BCUT2D eigenvalue weighted by molar-refractivity contribution is -0.738. The molecule has 0 radical (unpaired) electrons. The van der Waals surface area contributed by atoms with Gasteiger partial charge in [-0.2, -0.15) is 0 Å². The van der Waals surface area contributed by atoms with Crippen LogP contribution in [0.15, 0.2) is 107 Å². The van der Waals surface area contributed by atoms with Gasteiger partial charge < -0.3 is 31.2 Å². The summed E-state index contributed by atoms with van der Waals surface area (Å²) < 4.78 is 62.3. The fraction of sp³-hybridized carbons (Fsp3) is 0.200. The number of para-hydroxylation sites is 2. The van der Waals surface area contributed by atoms with Crippen LogP contribution in [-0.2, 0) is 33.3 Å². The molecule has 0 aliphatic carbocycles. The summed E-state index contributed by atoms with van der Waals surface area (Å²) in [6.07, 6.45) is 0. The molecule has 0 bridgehead atoms. The second-order valence-corrected chi connectivity index (χ2v) is 12.3. The second kappa shape index (κ2) is 16.6. The van der Waals surface area contributed by atoms with Crippen molar-refractivity contribution in [3.8, 4) is 0 Å². The van der Waals surface area contributed by atoms with Gasteiger partial charge in [0.25, 0.3) is 0 Å². The van der Waals surface area contributed by atoms with Gasteiger partial charge in [0, 0.05) is 22.5 Å². The monoisotopic (exact) mass is 614 g/mol. The molecule has 226 valence electrons. The minimum absolute atomic E-state index is 0.178. The Morgan fingerprint density at radius 1 is 0.548 bits per heavy atom. The number of nitrogen functional groups attached to an aromatic ring is 2. The maximum Gasteiger partial charge on any atom is 0.125 e. The molecule has 0 saturated carbocycles. The first-order valence-electron chi connectivity index (χ1n) is 13.1. The van der Waals surface area contributed by atoms with E-state index in [2.05, 4.69) is 22.8 Å². The van der Waals surface area contributed by atoms with E-state index in [1.54, 1.807) is 24.3 Å². The molecule has 42 heavy (non-hydrogen) atoms. The zero-order chi connectivity index (χ0) is 31.2. The average Bonchev–Trinajstić information content (AvgIpc) is 2.93. The Hall–Kier alpha value is -3.78. The molecule has 8 N–H and O–H groups in total. The number of hydrogen-bond acceptors (Lipinski definition) is 8. The normalized spacial score (nSPS) is 11.0. The molecule has 0 aliphatic heterocycles. The molecule has 4 aromatic rings. The highest BCUT2D eigenvalue weighted by molar-refractivity contribution is 7.86. The molecule has 0 aromatic heterocycles. The minimum atomic E-state index is -4.27. The van der Waals surface area contributed by atoms with Crippen molar-refractivity contribution < 1.29 is 36.6 Å². The van der Waals surface area contributed by atoms with Crippen molar-refractivity contribution in [2.45, 2.75) is 36.7 Å². The Bertz CT molecular complexity index is 1490. The van der Waals surface area contributed by atoms with Crippen molar-refractivity contribution >= 4 is 31.6 Å². The lowest BCUT2D eigenvalue weighted by Crippen LogP contribution is -2.93. The molecule has 0 heterocycles. The highest BCUT2D eigenvalue weighted by Crippen LogP contribution is 2.10. The van der Waals surface area contributed by atoms with Gasteiger partial charge in [-0.25, -0.2) is 16.8 Å². The molecule has 4 rings (SSSR count). The van der Waals surface area contributed by atoms with Crippen molar-refractivity contribution in [1.29, 1.82) is 0 Å². The Labute approximate surface area is 248 Å². The summed E-state index contributed by atoms with van der Waals surface area (Å²) in [6, 6.07) is 27.6. The molecule has 0 saturated heterocycles. The van der Waals surface area contributed by atoms with Crippen LogP contribution in [0, 0.1) is 13.8 Å². The second-order valence-electron chi connectivity index (χ2n) is 9.49. The maximum absolute atomic E-state index is 10.4. The first-order chi connectivity index (χ1) is 19.8. The summed E-state index contributed by atoms with van der Waals surface area (Å²) in [4.78, 5) is -0.355. The Morgan fingerprint density at radius 3 is 1.14 bits per heavy atom. The van der Waals surface area contributed by atoms with Crippen LogP contribution in [0.2, 0.25) is 0 Å². The Morgan fingerprint density at radius 2 is 0.857 bits per heavy atom. The standard InChI is InChI=1S/C16H22N4.2C7H8O3S/c17-15-7-3-1-5-13(15)11-19-9-10-20-12-14-6-2-4-8-16(14)18;2*1-6-2-4-7(5-3-6)11(8,9)10/h1-8,19-20H,9-12,17-18H2;2*2-5H,1H3,(H,8,9,10). The fourth-order valence-electron chi connectivity index (χ4n) is 3.60. The van der Waals surface area contributed by atoms with Crippen LogP contribution in [0.4, 0.5) is 11.4 Å². The van der Waals surface area contributed by atoms with Gasteiger partial charge in [-0.15, -0.1) is 0 Å². The van der Waals surface area contributed by atoms with Gasteiger partial charge in [0.1, 0.15) is 46.4 Å². The number of quaternary nitrogens is 2. The van der Waals surface area contributed by atoms with Crippen LogP contribution in [0.3, 0.4) is 0 Å². The van der Waals surface area contributed by atoms with E-state index in [0.29, 0.717) is 0 Å². The summed E-state index contributed by atoms with van der Waals surface area (Å²) >= 11 is 0. The van der Waals surface area contributed by atoms with Crippen molar-refractivity contribution in [1.82, 2.24) is 0 Å². The summed E-state index contributed by atoms with van der Waals surface area (Å²) in [5.41, 5.74) is 17.9. The summed E-state index contributed by atoms with van der Waals surface area (Å²) in [6.45, 7) is 7.66. The van der Waals surface area contributed by atoms with Crippen molar-refractivity contribution in [2.75, 3.05) is 24.6 Å². The van der Waals surface area contributed by atoms with Crippen molar-refractivity contribution in [2.24, 2.45) is 0 Å².